The lowest BCUT2D eigenvalue weighted by atomic mass is 10.1. The highest BCUT2D eigenvalue weighted by Crippen LogP contribution is 2.20. The predicted molar refractivity (Wildman–Crippen MR) is 91.0 cm³/mol. The Kier molecular flexibility index (Phi) is 5.34. The molecule has 0 radical (unpaired) electrons. The molecule has 23 heavy (non-hydrogen) atoms. The number of anilines is 1. The number of hydrogen-bond acceptors (Lipinski definition) is 3. The van der Waals surface area contributed by atoms with Crippen molar-refractivity contribution in [1.29, 1.82) is 0 Å². The third-order valence-electron chi connectivity index (χ3n) is 3.11. The number of pyridine rings is 1. The highest BCUT2D eigenvalue weighted by molar-refractivity contribution is 6.31. The van der Waals surface area contributed by atoms with Crippen LogP contribution in [-0.2, 0) is 0 Å². The fourth-order valence-corrected chi connectivity index (χ4v) is 2.09. The first-order valence-corrected chi connectivity index (χ1v) is 7.58. The van der Waals surface area contributed by atoms with Crippen LogP contribution in [0.1, 0.15) is 40.1 Å². The van der Waals surface area contributed by atoms with E-state index < -0.39 is 0 Å². The Balaban J connectivity index is 2.16. The Hall–Kier alpha value is -2.40. The molecule has 0 saturated carbocycles. The second kappa shape index (κ2) is 7.24. The fourth-order valence-electron chi connectivity index (χ4n) is 1.91. The quantitative estimate of drug-likeness (QED) is 0.901. The number of aryl methyl sites for hydroxylation is 1. The molecule has 1 aromatic carbocycles. The normalized spacial score (nSPS) is 10.5. The molecule has 0 spiro atoms. The van der Waals surface area contributed by atoms with Crippen molar-refractivity contribution in [2.75, 3.05) is 5.32 Å². The summed E-state index contributed by atoms with van der Waals surface area (Å²) in [7, 11) is 0. The number of carbonyl (C=O) groups is 2. The molecule has 0 atom stereocenters. The van der Waals surface area contributed by atoms with Gasteiger partial charge in [-0.15, -0.1) is 0 Å². The summed E-state index contributed by atoms with van der Waals surface area (Å²) < 4.78 is 0. The van der Waals surface area contributed by atoms with Gasteiger partial charge in [-0.05, 0) is 44.5 Å². The molecular weight excluding hydrogens is 314 g/mol. The van der Waals surface area contributed by atoms with Crippen LogP contribution in [0, 0.1) is 6.92 Å². The minimum Gasteiger partial charge on any atom is -0.350 e. The molecule has 0 bridgehead atoms. The SMILES string of the molecule is Cc1ccc(NC(=O)c2cncc(C(=O)NC(C)C)c2)cc1Cl. The van der Waals surface area contributed by atoms with E-state index in [2.05, 4.69) is 15.6 Å². The minimum atomic E-state index is -0.350. The van der Waals surface area contributed by atoms with E-state index in [9.17, 15) is 9.59 Å². The maximum Gasteiger partial charge on any atom is 0.257 e. The lowest BCUT2D eigenvalue weighted by Crippen LogP contribution is -2.30. The van der Waals surface area contributed by atoms with E-state index in [1.807, 2.05) is 26.8 Å². The molecule has 0 aliphatic rings. The predicted octanol–water partition coefficient (Wildman–Crippen LogP) is 3.43. The van der Waals surface area contributed by atoms with Crippen molar-refractivity contribution in [3.05, 3.63) is 58.4 Å². The summed E-state index contributed by atoms with van der Waals surface area (Å²) in [5.74, 6) is -0.614. The van der Waals surface area contributed by atoms with Crippen molar-refractivity contribution in [2.24, 2.45) is 0 Å². The molecule has 2 rings (SSSR count). The third kappa shape index (κ3) is 4.53. The first-order valence-electron chi connectivity index (χ1n) is 7.20. The molecule has 2 aromatic rings. The maximum atomic E-state index is 12.3. The molecule has 5 nitrogen and oxygen atoms in total. The van der Waals surface area contributed by atoms with Crippen molar-refractivity contribution in [3.8, 4) is 0 Å². The van der Waals surface area contributed by atoms with Gasteiger partial charge in [-0.1, -0.05) is 17.7 Å². The van der Waals surface area contributed by atoms with Crippen LogP contribution in [-0.4, -0.2) is 22.8 Å². The summed E-state index contributed by atoms with van der Waals surface area (Å²) in [5, 5.41) is 6.07. The largest absolute Gasteiger partial charge is 0.350 e. The number of benzene rings is 1. The smallest absolute Gasteiger partial charge is 0.257 e. The van der Waals surface area contributed by atoms with Crippen LogP contribution >= 0.6 is 11.6 Å². The second-order valence-electron chi connectivity index (χ2n) is 5.51. The lowest BCUT2D eigenvalue weighted by molar-refractivity contribution is 0.0942. The van der Waals surface area contributed by atoms with E-state index in [0.29, 0.717) is 21.8 Å². The minimum absolute atomic E-state index is 0.00897. The number of carbonyl (C=O) groups excluding carboxylic acids is 2. The van der Waals surface area contributed by atoms with Gasteiger partial charge in [0.05, 0.1) is 11.1 Å². The van der Waals surface area contributed by atoms with E-state index in [-0.39, 0.29) is 17.9 Å². The van der Waals surface area contributed by atoms with Crippen molar-refractivity contribution in [2.45, 2.75) is 26.8 Å². The van der Waals surface area contributed by atoms with Crippen LogP contribution in [0.5, 0.6) is 0 Å². The van der Waals surface area contributed by atoms with E-state index in [0.717, 1.165) is 5.56 Å². The first-order chi connectivity index (χ1) is 10.9. The Bertz CT molecular complexity index is 744. The second-order valence-corrected chi connectivity index (χ2v) is 5.92. The number of hydrogen-bond donors (Lipinski definition) is 2. The third-order valence-corrected chi connectivity index (χ3v) is 3.52. The number of aromatic nitrogens is 1. The van der Waals surface area contributed by atoms with Gasteiger partial charge in [-0.25, -0.2) is 0 Å². The van der Waals surface area contributed by atoms with Gasteiger partial charge in [-0.3, -0.25) is 14.6 Å². The lowest BCUT2D eigenvalue weighted by Gasteiger charge is -2.10. The Morgan fingerprint density at radius 3 is 2.35 bits per heavy atom. The van der Waals surface area contributed by atoms with Crippen LogP contribution in [0.4, 0.5) is 5.69 Å². The van der Waals surface area contributed by atoms with Gasteiger partial charge in [0.1, 0.15) is 0 Å². The summed E-state index contributed by atoms with van der Waals surface area (Å²) in [6.07, 6.45) is 2.84. The van der Waals surface area contributed by atoms with Crippen molar-refractivity contribution >= 4 is 29.1 Å². The number of nitrogens with one attached hydrogen (secondary N) is 2. The zero-order valence-corrected chi connectivity index (χ0v) is 13.9. The van der Waals surface area contributed by atoms with Gasteiger partial charge >= 0.3 is 0 Å². The molecule has 1 aromatic heterocycles. The van der Waals surface area contributed by atoms with Crippen molar-refractivity contribution in [3.63, 3.8) is 0 Å². The Morgan fingerprint density at radius 2 is 1.74 bits per heavy atom. The summed E-state index contributed by atoms with van der Waals surface area (Å²) in [4.78, 5) is 28.2. The molecule has 0 aliphatic carbocycles. The molecule has 2 N–H and O–H groups in total. The molecule has 120 valence electrons. The van der Waals surface area contributed by atoms with Gasteiger partial charge in [0.15, 0.2) is 0 Å². The van der Waals surface area contributed by atoms with Crippen LogP contribution in [0.2, 0.25) is 5.02 Å². The Labute approximate surface area is 140 Å². The molecule has 0 fully saturated rings. The molecule has 0 aliphatic heterocycles. The van der Waals surface area contributed by atoms with Crippen LogP contribution in [0.25, 0.3) is 0 Å². The van der Waals surface area contributed by atoms with Gasteiger partial charge in [0.25, 0.3) is 11.8 Å². The average Bonchev–Trinajstić information content (AvgIpc) is 2.50. The molecule has 6 heteroatoms. The number of rotatable bonds is 4. The number of amides is 2. The molecule has 2 amide bonds. The van der Waals surface area contributed by atoms with Crippen molar-refractivity contribution < 1.29 is 9.59 Å². The maximum absolute atomic E-state index is 12.3. The fraction of sp³-hybridized carbons (Fsp3) is 0.235. The highest BCUT2D eigenvalue weighted by atomic mass is 35.5. The van der Waals surface area contributed by atoms with E-state index in [1.54, 1.807) is 12.1 Å². The molecule has 0 saturated heterocycles. The molecular formula is C17H18ClN3O2. The summed E-state index contributed by atoms with van der Waals surface area (Å²) in [6, 6.07) is 6.78. The summed E-state index contributed by atoms with van der Waals surface area (Å²) in [5.41, 5.74) is 2.16. The van der Waals surface area contributed by atoms with E-state index in [4.69, 9.17) is 11.6 Å². The highest BCUT2D eigenvalue weighted by Gasteiger charge is 2.12. The number of halogens is 1. The molecule has 1 heterocycles. The first kappa shape index (κ1) is 17.0. The van der Waals surface area contributed by atoms with Crippen LogP contribution in [0.3, 0.4) is 0 Å². The van der Waals surface area contributed by atoms with Gasteiger partial charge in [-0.2, -0.15) is 0 Å². The van der Waals surface area contributed by atoms with E-state index in [1.165, 1.54) is 18.5 Å². The Morgan fingerprint density at radius 1 is 1.09 bits per heavy atom. The zero-order valence-electron chi connectivity index (χ0n) is 13.2. The summed E-state index contributed by atoms with van der Waals surface area (Å²) >= 11 is 6.04. The van der Waals surface area contributed by atoms with Crippen LogP contribution < -0.4 is 10.6 Å². The van der Waals surface area contributed by atoms with Gasteiger partial charge in [0.2, 0.25) is 0 Å². The average molecular weight is 332 g/mol. The zero-order chi connectivity index (χ0) is 17.0. The topological polar surface area (TPSA) is 71.1 Å². The molecule has 0 unspecified atom stereocenters. The van der Waals surface area contributed by atoms with Gasteiger partial charge < -0.3 is 10.6 Å². The summed E-state index contributed by atoms with van der Waals surface area (Å²) in [6.45, 7) is 5.61. The van der Waals surface area contributed by atoms with Crippen LogP contribution in [0.15, 0.2) is 36.7 Å². The van der Waals surface area contributed by atoms with Crippen molar-refractivity contribution in [1.82, 2.24) is 10.3 Å². The standard InChI is InChI=1S/C17H18ClN3O2/c1-10(2)20-16(22)12-6-13(9-19-8-12)17(23)21-14-5-4-11(3)15(18)7-14/h4-10H,1-3H3,(H,20,22)(H,21,23). The van der Waals surface area contributed by atoms with Gasteiger partial charge in [0, 0.05) is 29.1 Å². The van der Waals surface area contributed by atoms with E-state index >= 15 is 0 Å². The number of nitrogens with zero attached hydrogens (tertiary/aromatic N) is 1. The monoisotopic (exact) mass is 331 g/mol.